The van der Waals surface area contributed by atoms with Crippen LogP contribution in [0.1, 0.15) is 5.82 Å². The summed E-state index contributed by atoms with van der Waals surface area (Å²) in [6.45, 7) is 0.242. The molecule has 0 bridgehead atoms. The summed E-state index contributed by atoms with van der Waals surface area (Å²) in [4.78, 5) is 4.38. The van der Waals surface area contributed by atoms with Crippen molar-refractivity contribution in [2.24, 2.45) is 0 Å². The van der Waals surface area contributed by atoms with Crippen molar-refractivity contribution in [2.75, 3.05) is 5.73 Å². The first kappa shape index (κ1) is 11.4. The normalized spacial score (nSPS) is 10.5. The number of nitrogens with two attached hydrogens (primary N) is 1. The Kier molecular flexibility index (Phi) is 2.94. The van der Waals surface area contributed by atoms with Gasteiger partial charge in [0.2, 0.25) is 0 Å². The SMILES string of the molecule is Nc1ccccc1OCc1nnc2ccccc2n1. The van der Waals surface area contributed by atoms with E-state index in [0.29, 0.717) is 17.3 Å². The molecule has 0 unspecified atom stereocenters. The van der Waals surface area contributed by atoms with Gasteiger partial charge in [-0.15, -0.1) is 10.2 Å². The van der Waals surface area contributed by atoms with Crippen molar-refractivity contribution < 1.29 is 4.74 Å². The lowest BCUT2D eigenvalue weighted by atomic mass is 10.3. The van der Waals surface area contributed by atoms with Crippen LogP contribution in [0.3, 0.4) is 0 Å². The Balaban J connectivity index is 1.80. The van der Waals surface area contributed by atoms with Gasteiger partial charge in [0, 0.05) is 0 Å². The molecular weight excluding hydrogens is 240 g/mol. The quantitative estimate of drug-likeness (QED) is 0.723. The van der Waals surface area contributed by atoms with Gasteiger partial charge in [-0.2, -0.15) is 0 Å². The van der Waals surface area contributed by atoms with E-state index in [1.165, 1.54) is 0 Å². The Morgan fingerprint density at radius 3 is 2.47 bits per heavy atom. The molecule has 0 amide bonds. The van der Waals surface area contributed by atoms with Gasteiger partial charge >= 0.3 is 0 Å². The molecule has 0 radical (unpaired) electrons. The van der Waals surface area contributed by atoms with E-state index in [-0.39, 0.29) is 6.61 Å². The second kappa shape index (κ2) is 4.89. The third-order valence-corrected chi connectivity index (χ3v) is 2.68. The first-order chi connectivity index (χ1) is 9.33. The average Bonchev–Trinajstić information content (AvgIpc) is 2.46. The van der Waals surface area contributed by atoms with E-state index in [0.717, 1.165) is 11.0 Å². The Bertz CT molecular complexity index is 714. The molecule has 5 nitrogen and oxygen atoms in total. The summed E-state index contributed by atoms with van der Waals surface area (Å²) in [5, 5.41) is 8.12. The second-order valence-electron chi connectivity index (χ2n) is 4.04. The molecule has 2 N–H and O–H groups in total. The van der Waals surface area contributed by atoms with Crippen molar-refractivity contribution in [3.63, 3.8) is 0 Å². The summed E-state index contributed by atoms with van der Waals surface area (Å²) < 4.78 is 5.58. The van der Waals surface area contributed by atoms with Crippen molar-refractivity contribution in [1.82, 2.24) is 15.2 Å². The standard InChI is InChI=1S/C14H12N4O/c15-10-5-1-4-8-13(10)19-9-14-16-11-6-2-3-7-12(11)17-18-14/h1-8H,9,15H2. The highest BCUT2D eigenvalue weighted by molar-refractivity contribution is 5.72. The number of rotatable bonds is 3. The number of anilines is 1. The van der Waals surface area contributed by atoms with Gasteiger partial charge in [-0.1, -0.05) is 24.3 Å². The van der Waals surface area contributed by atoms with E-state index in [1.807, 2.05) is 42.5 Å². The highest BCUT2D eigenvalue weighted by Gasteiger charge is 2.04. The zero-order valence-corrected chi connectivity index (χ0v) is 10.2. The minimum Gasteiger partial charge on any atom is -0.483 e. The molecule has 3 rings (SSSR count). The highest BCUT2D eigenvalue weighted by Crippen LogP contribution is 2.20. The van der Waals surface area contributed by atoms with Crippen LogP contribution in [0, 0.1) is 0 Å². The van der Waals surface area contributed by atoms with E-state index in [9.17, 15) is 0 Å². The fourth-order valence-corrected chi connectivity index (χ4v) is 1.73. The number of aromatic nitrogens is 3. The average molecular weight is 252 g/mol. The topological polar surface area (TPSA) is 73.9 Å². The van der Waals surface area contributed by atoms with Crippen molar-refractivity contribution in [1.29, 1.82) is 0 Å². The predicted molar refractivity (Wildman–Crippen MR) is 72.5 cm³/mol. The Labute approximate surface area is 110 Å². The lowest BCUT2D eigenvalue weighted by Crippen LogP contribution is -2.04. The van der Waals surface area contributed by atoms with Crippen LogP contribution in [-0.2, 0) is 6.61 Å². The van der Waals surface area contributed by atoms with Gasteiger partial charge in [0.1, 0.15) is 17.9 Å². The third-order valence-electron chi connectivity index (χ3n) is 2.68. The van der Waals surface area contributed by atoms with E-state index < -0.39 is 0 Å². The summed E-state index contributed by atoms with van der Waals surface area (Å²) in [5.74, 6) is 1.15. The van der Waals surface area contributed by atoms with Gasteiger partial charge < -0.3 is 10.5 Å². The van der Waals surface area contributed by atoms with Gasteiger partial charge in [0.15, 0.2) is 5.82 Å². The second-order valence-corrected chi connectivity index (χ2v) is 4.04. The number of nitrogen functional groups attached to an aromatic ring is 1. The highest BCUT2D eigenvalue weighted by atomic mass is 16.5. The van der Waals surface area contributed by atoms with Crippen LogP contribution < -0.4 is 10.5 Å². The third kappa shape index (κ3) is 2.44. The molecule has 0 spiro atoms. The molecule has 1 aromatic heterocycles. The van der Waals surface area contributed by atoms with E-state index in [1.54, 1.807) is 6.07 Å². The van der Waals surface area contributed by atoms with Crippen LogP contribution in [0.2, 0.25) is 0 Å². The lowest BCUT2D eigenvalue weighted by Gasteiger charge is -2.07. The molecule has 0 saturated carbocycles. The maximum Gasteiger partial charge on any atom is 0.189 e. The Morgan fingerprint density at radius 1 is 0.895 bits per heavy atom. The molecular formula is C14H12N4O. The van der Waals surface area contributed by atoms with Crippen LogP contribution in [0.25, 0.3) is 11.0 Å². The predicted octanol–water partition coefficient (Wildman–Crippen LogP) is 2.19. The molecule has 0 aliphatic carbocycles. The maximum atomic E-state index is 5.79. The minimum absolute atomic E-state index is 0.242. The Hall–Kier alpha value is -2.69. The van der Waals surface area contributed by atoms with E-state index >= 15 is 0 Å². The molecule has 0 fully saturated rings. The van der Waals surface area contributed by atoms with E-state index in [4.69, 9.17) is 10.5 Å². The number of benzene rings is 2. The smallest absolute Gasteiger partial charge is 0.189 e. The molecule has 19 heavy (non-hydrogen) atoms. The fraction of sp³-hybridized carbons (Fsp3) is 0.0714. The van der Waals surface area contributed by atoms with Gasteiger partial charge in [0.25, 0.3) is 0 Å². The first-order valence-corrected chi connectivity index (χ1v) is 5.88. The summed E-state index contributed by atoms with van der Waals surface area (Å²) in [6.07, 6.45) is 0. The molecule has 94 valence electrons. The summed E-state index contributed by atoms with van der Waals surface area (Å²) in [7, 11) is 0. The lowest BCUT2D eigenvalue weighted by molar-refractivity contribution is 0.296. The zero-order valence-electron chi connectivity index (χ0n) is 10.2. The summed E-state index contributed by atoms with van der Waals surface area (Å²) >= 11 is 0. The van der Waals surface area contributed by atoms with Crippen LogP contribution in [0.15, 0.2) is 48.5 Å². The zero-order chi connectivity index (χ0) is 13.1. The molecule has 0 aliphatic heterocycles. The molecule has 3 aromatic rings. The number of para-hydroxylation sites is 3. The van der Waals surface area contributed by atoms with Crippen LogP contribution >= 0.6 is 0 Å². The minimum atomic E-state index is 0.242. The van der Waals surface area contributed by atoms with Crippen LogP contribution in [0.4, 0.5) is 5.69 Å². The molecule has 1 heterocycles. The van der Waals surface area contributed by atoms with Crippen LogP contribution in [-0.4, -0.2) is 15.2 Å². The first-order valence-electron chi connectivity index (χ1n) is 5.88. The number of ether oxygens (including phenoxy) is 1. The largest absolute Gasteiger partial charge is 0.483 e. The number of hydrogen-bond donors (Lipinski definition) is 1. The monoisotopic (exact) mass is 252 g/mol. The van der Waals surface area contributed by atoms with Gasteiger partial charge in [-0.25, -0.2) is 4.98 Å². The van der Waals surface area contributed by atoms with E-state index in [2.05, 4.69) is 15.2 Å². The Morgan fingerprint density at radius 2 is 1.63 bits per heavy atom. The number of hydrogen-bond acceptors (Lipinski definition) is 5. The van der Waals surface area contributed by atoms with Crippen molar-refractivity contribution in [2.45, 2.75) is 6.61 Å². The maximum absolute atomic E-state index is 5.79. The van der Waals surface area contributed by atoms with Gasteiger partial charge in [0.05, 0.1) is 11.2 Å². The van der Waals surface area contributed by atoms with Crippen molar-refractivity contribution >= 4 is 16.7 Å². The fourth-order valence-electron chi connectivity index (χ4n) is 1.73. The molecule has 0 atom stereocenters. The molecule has 5 heteroatoms. The van der Waals surface area contributed by atoms with Gasteiger partial charge in [-0.05, 0) is 24.3 Å². The van der Waals surface area contributed by atoms with Crippen molar-refractivity contribution in [3.05, 3.63) is 54.4 Å². The summed E-state index contributed by atoms with van der Waals surface area (Å²) in [5.41, 5.74) is 7.96. The van der Waals surface area contributed by atoms with Crippen molar-refractivity contribution in [3.8, 4) is 5.75 Å². The number of nitrogens with zero attached hydrogens (tertiary/aromatic N) is 3. The molecule has 2 aromatic carbocycles. The van der Waals surface area contributed by atoms with Gasteiger partial charge in [-0.3, -0.25) is 0 Å². The number of fused-ring (bicyclic) bond motifs is 1. The molecule has 0 saturated heterocycles. The van der Waals surface area contributed by atoms with Crippen LogP contribution in [0.5, 0.6) is 5.75 Å². The summed E-state index contributed by atoms with van der Waals surface area (Å²) in [6, 6.07) is 14.9. The molecule has 0 aliphatic rings.